The van der Waals surface area contributed by atoms with Crippen molar-refractivity contribution in [3.05, 3.63) is 29.3 Å². The van der Waals surface area contributed by atoms with Gasteiger partial charge < -0.3 is 10.6 Å². The number of rotatable bonds is 4. The maximum atomic E-state index is 12.7. The first-order valence-electron chi connectivity index (χ1n) is 5.71. The van der Waals surface area contributed by atoms with Gasteiger partial charge in [-0.1, -0.05) is 0 Å². The molecular formula is C12H13ClF4N2O. The molecule has 1 aromatic carbocycles. The van der Waals surface area contributed by atoms with Crippen LogP contribution in [-0.2, 0) is 6.42 Å². The van der Waals surface area contributed by atoms with Crippen LogP contribution in [0.4, 0.5) is 23.2 Å². The van der Waals surface area contributed by atoms with E-state index in [1.165, 1.54) is 6.07 Å². The smallest absolute Gasteiger partial charge is 0.324 e. The topological polar surface area (TPSA) is 41.1 Å². The molecule has 2 rings (SSSR count). The van der Waals surface area contributed by atoms with Crippen molar-refractivity contribution >= 4 is 24.0 Å². The quantitative estimate of drug-likeness (QED) is 0.839. The Hall–Kier alpha value is -1.50. The van der Waals surface area contributed by atoms with Gasteiger partial charge in [0, 0.05) is 17.8 Å². The number of carbonyl (C=O) groups excluding carboxylic acids is 1. The molecule has 0 saturated carbocycles. The lowest BCUT2D eigenvalue weighted by Crippen LogP contribution is -2.41. The van der Waals surface area contributed by atoms with Crippen LogP contribution in [0.2, 0.25) is 0 Å². The zero-order chi connectivity index (χ0) is 14.0. The van der Waals surface area contributed by atoms with Crippen LogP contribution in [0.1, 0.15) is 15.9 Å². The monoisotopic (exact) mass is 312 g/mol. The molecule has 1 aliphatic rings. The molecule has 0 bridgehead atoms. The first kappa shape index (κ1) is 16.6. The van der Waals surface area contributed by atoms with E-state index in [2.05, 4.69) is 5.32 Å². The Labute approximate surface area is 119 Å². The highest BCUT2D eigenvalue weighted by Crippen LogP contribution is 2.24. The van der Waals surface area contributed by atoms with Gasteiger partial charge in [-0.05, 0) is 30.2 Å². The van der Waals surface area contributed by atoms with Crippen molar-refractivity contribution in [2.45, 2.75) is 18.8 Å². The van der Waals surface area contributed by atoms with E-state index in [9.17, 15) is 22.4 Å². The molecule has 0 aliphatic carbocycles. The number of hydrogen-bond donors (Lipinski definition) is 2. The summed E-state index contributed by atoms with van der Waals surface area (Å²) in [5.41, 5.74) is 2.00. The number of carbonyl (C=O) groups is 1. The van der Waals surface area contributed by atoms with Crippen LogP contribution in [0, 0.1) is 0 Å². The first-order chi connectivity index (χ1) is 8.90. The lowest BCUT2D eigenvalue weighted by atomic mass is 10.1. The molecule has 2 N–H and O–H groups in total. The molecule has 0 aromatic heterocycles. The van der Waals surface area contributed by atoms with E-state index >= 15 is 0 Å². The molecule has 0 atom stereocenters. The van der Waals surface area contributed by atoms with Gasteiger partial charge in [-0.15, -0.1) is 12.4 Å². The molecule has 1 aromatic rings. The van der Waals surface area contributed by atoms with Crippen LogP contribution in [0.5, 0.6) is 0 Å². The van der Waals surface area contributed by atoms with Gasteiger partial charge in [0.2, 0.25) is 0 Å². The molecule has 1 amide bonds. The van der Waals surface area contributed by atoms with Gasteiger partial charge in [0.25, 0.3) is 5.91 Å². The maximum Gasteiger partial charge on any atom is 0.324 e. The van der Waals surface area contributed by atoms with Crippen LogP contribution < -0.4 is 10.6 Å². The second-order valence-corrected chi connectivity index (χ2v) is 4.29. The molecule has 20 heavy (non-hydrogen) atoms. The minimum Gasteiger partial charge on any atom is -0.384 e. The number of halogens is 5. The average Bonchev–Trinajstić information content (AvgIpc) is 2.82. The fourth-order valence-corrected chi connectivity index (χ4v) is 1.82. The van der Waals surface area contributed by atoms with Gasteiger partial charge in [0.1, 0.15) is 0 Å². The summed E-state index contributed by atoms with van der Waals surface area (Å²) >= 11 is 0. The molecule has 0 fully saturated rings. The third-order valence-electron chi connectivity index (χ3n) is 2.88. The average molecular weight is 313 g/mol. The lowest BCUT2D eigenvalue weighted by Gasteiger charge is -2.15. The molecule has 112 valence electrons. The summed E-state index contributed by atoms with van der Waals surface area (Å²) in [7, 11) is 0. The van der Waals surface area contributed by atoms with E-state index in [0.717, 1.165) is 24.2 Å². The van der Waals surface area contributed by atoms with Crippen molar-refractivity contribution in [3.63, 3.8) is 0 Å². The largest absolute Gasteiger partial charge is 0.384 e. The van der Waals surface area contributed by atoms with E-state index in [0.29, 0.717) is 0 Å². The van der Waals surface area contributed by atoms with Crippen LogP contribution in [0.3, 0.4) is 0 Å². The second-order valence-electron chi connectivity index (χ2n) is 4.29. The molecule has 0 radical (unpaired) electrons. The normalized spacial score (nSPS) is 13.4. The summed E-state index contributed by atoms with van der Waals surface area (Å²) in [6.07, 6.45) is -3.05. The summed E-state index contributed by atoms with van der Waals surface area (Å²) < 4.78 is 49.2. The zero-order valence-electron chi connectivity index (χ0n) is 10.3. The number of hydrogen-bond acceptors (Lipinski definition) is 2. The minimum atomic E-state index is -4.21. The molecule has 0 spiro atoms. The summed E-state index contributed by atoms with van der Waals surface area (Å²) in [6.45, 7) is -0.622. The van der Waals surface area contributed by atoms with Gasteiger partial charge in [-0.3, -0.25) is 4.79 Å². The number of nitrogens with one attached hydrogen (secondary N) is 2. The van der Waals surface area contributed by atoms with Crippen LogP contribution in [0.25, 0.3) is 0 Å². The van der Waals surface area contributed by atoms with Gasteiger partial charge in [0.15, 0.2) is 0 Å². The van der Waals surface area contributed by atoms with Gasteiger partial charge in [-0.2, -0.15) is 8.78 Å². The minimum absolute atomic E-state index is 0. The number of benzene rings is 1. The molecule has 0 unspecified atom stereocenters. The highest BCUT2D eigenvalue weighted by molar-refractivity contribution is 5.95. The Morgan fingerprint density at radius 1 is 1.40 bits per heavy atom. The molecule has 8 heteroatoms. The number of alkyl halides is 4. The van der Waals surface area contributed by atoms with E-state index < -0.39 is 24.8 Å². The molecule has 1 heterocycles. The molecular weight excluding hydrogens is 300 g/mol. The third-order valence-corrected chi connectivity index (χ3v) is 2.88. The van der Waals surface area contributed by atoms with Gasteiger partial charge >= 0.3 is 12.3 Å². The predicted molar refractivity (Wildman–Crippen MR) is 69.2 cm³/mol. The van der Waals surface area contributed by atoms with Crippen molar-refractivity contribution in [1.82, 2.24) is 5.32 Å². The summed E-state index contributed by atoms with van der Waals surface area (Å²) in [5.74, 6) is -5.00. The Kier molecular flexibility index (Phi) is 5.21. The van der Waals surface area contributed by atoms with Crippen molar-refractivity contribution in [2.75, 3.05) is 18.4 Å². The Balaban J connectivity index is 0.00000200. The lowest BCUT2D eigenvalue weighted by molar-refractivity contribution is -0.123. The van der Waals surface area contributed by atoms with Crippen molar-refractivity contribution in [1.29, 1.82) is 0 Å². The number of fused-ring (bicyclic) bond motifs is 1. The summed E-state index contributed by atoms with van der Waals surface area (Å²) in [6, 6.07) is 4.71. The third kappa shape index (κ3) is 3.53. The predicted octanol–water partition coefficient (Wildman–Crippen LogP) is 2.71. The summed E-state index contributed by atoms with van der Waals surface area (Å²) in [4.78, 5) is 11.6. The highest BCUT2D eigenvalue weighted by Gasteiger charge is 2.40. The molecule has 3 nitrogen and oxygen atoms in total. The van der Waals surface area contributed by atoms with Crippen LogP contribution in [-0.4, -0.2) is 31.3 Å². The molecule has 1 aliphatic heterocycles. The number of anilines is 1. The Morgan fingerprint density at radius 2 is 2.10 bits per heavy atom. The Morgan fingerprint density at radius 3 is 2.75 bits per heavy atom. The van der Waals surface area contributed by atoms with E-state index in [1.54, 1.807) is 12.1 Å². The number of amides is 1. The second kappa shape index (κ2) is 6.30. The van der Waals surface area contributed by atoms with Crippen molar-refractivity contribution < 1.29 is 22.4 Å². The SMILES string of the molecule is Cl.O=C(NCC(F)(F)C(F)F)c1ccc2c(c1)CCN2. The fourth-order valence-electron chi connectivity index (χ4n) is 1.82. The van der Waals surface area contributed by atoms with Crippen LogP contribution in [0.15, 0.2) is 18.2 Å². The highest BCUT2D eigenvalue weighted by atomic mass is 35.5. The van der Waals surface area contributed by atoms with Gasteiger partial charge in [0.05, 0.1) is 6.54 Å². The van der Waals surface area contributed by atoms with Crippen molar-refractivity contribution in [2.24, 2.45) is 0 Å². The van der Waals surface area contributed by atoms with E-state index in [1.807, 2.05) is 5.32 Å². The van der Waals surface area contributed by atoms with E-state index in [4.69, 9.17) is 0 Å². The van der Waals surface area contributed by atoms with Gasteiger partial charge in [-0.25, -0.2) is 8.78 Å². The van der Waals surface area contributed by atoms with E-state index in [-0.39, 0.29) is 18.0 Å². The first-order valence-corrected chi connectivity index (χ1v) is 5.71. The van der Waals surface area contributed by atoms with Crippen LogP contribution >= 0.6 is 12.4 Å². The maximum absolute atomic E-state index is 12.7. The summed E-state index contributed by atoms with van der Waals surface area (Å²) in [5, 5.41) is 4.91. The van der Waals surface area contributed by atoms with Crippen molar-refractivity contribution in [3.8, 4) is 0 Å². The molecule has 0 saturated heterocycles. The Bertz CT molecular complexity index is 496. The zero-order valence-corrected chi connectivity index (χ0v) is 11.1. The standard InChI is InChI=1S/C12H12F4N2O.ClH/c13-11(14)12(15,16)6-18-10(19)8-1-2-9-7(5-8)3-4-17-9;/h1-2,5,11,17H,3-4,6H2,(H,18,19);1H. The fraction of sp³-hybridized carbons (Fsp3) is 0.417.